The second-order valence-electron chi connectivity index (χ2n) is 29.6. The van der Waals surface area contributed by atoms with E-state index in [1.807, 2.05) is 13.8 Å². The zero-order valence-electron chi connectivity index (χ0n) is 62.5. The highest BCUT2D eigenvalue weighted by molar-refractivity contribution is 6.32. The summed E-state index contributed by atoms with van der Waals surface area (Å²) in [4.78, 5) is 134. The molecule has 6 aromatic carbocycles. The summed E-state index contributed by atoms with van der Waals surface area (Å²) < 4.78 is 38.6. The van der Waals surface area contributed by atoms with Crippen LogP contribution in [0.5, 0.6) is 46.0 Å². The molecule has 1 aliphatic carbocycles. The number of primary amides is 1. The van der Waals surface area contributed by atoms with Crippen molar-refractivity contribution in [1.29, 1.82) is 0 Å². The molecule has 35 nitrogen and oxygen atoms in total. The number of amides is 9. The van der Waals surface area contributed by atoms with Crippen molar-refractivity contribution >= 4 is 70.5 Å². The summed E-state index contributed by atoms with van der Waals surface area (Å²) in [7, 11) is 1.49. The van der Waals surface area contributed by atoms with E-state index in [-0.39, 0.29) is 46.9 Å². The first kappa shape index (κ1) is 83.2. The van der Waals surface area contributed by atoms with Crippen LogP contribution in [0.1, 0.15) is 124 Å². The zero-order valence-corrected chi connectivity index (χ0v) is 63.2. The Morgan fingerprint density at radius 3 is 2.05 bits per heavy atom. The first-order chi connectivity index (χ1) is 54.6. The summed E-state index contributed by atoms with van der Waals surface area (Å²) in [6, 6.07) is 8.03. The molecule has 2 saturated heterocycles. The van der Waals surface area contributed by atoms with Gasteiger partial charge in [0.1, 0.15) is 95.5 Å². The number of phenolic OH excluding ortho intramolecular Hbond substituents is 3. The Hall–Kier alpha value is -11.2. The Morgan fingerprint density at radius 1 is 0.722 bits per heavy atom. The third-order valence-corrected chi connectivity index (χ3v) is 20.6. The predicted molar refractivity (Wildman–Crippen MR) is 404 cm³/mol. The number of aromatic hydroxyl groups is 3. The fourth-order valence-corrected chi connectivity index (χ4v) is 14.2. The van der Waals surface area contributed by atoms with E-state index in [0.717, 1.165) is 67.4 Å². The van der Waals surface area contributed by atoms with Crippen molar-refractivity contribution in [1.82, 2.24) is 42.5 Å². The van der Waals surface area contributed by atoms with Gasteiger partial charge in [0.05, 0.1) is 42.8 Å². The van der Waals surface area contributed by atoms with E-state index < -0.39 is 244 Å². The number of aliphatic hydroxyl groups is 6. The smallest absolute Gasteiger partial charge is 0.248 e. The van der Waals surface area contributed by atoms with E-state index in [0.29, 0.717) is 17.2 Å². The Kier molecular flexibility index (Phi) is 25.2. The van der Waals surface area contributed by atoms with Gasteiger partial charge in [-0.15, -0.1) is 0 Å². The average molecular weight is 1610 g/mol. The second-order valence-corrected chi connectivity index (χ2v) is 30.0. The van der Waals surface area contributed by atoms with Crippen LogP contribution >= 0.6 is 11.6 Å². The van der Waals surface area contributed by atoms with Gasteiger partial charge in [-0.3, -0.25) is 43.2 Å². The highest BCUT2D eigenvalue weighted by Gasteiger charge is 2.52. The van der Waals surface area contributed by atoms with Crippen LogP contribution in [0.15, 0.2) is 109 Å². The van der Waals surface area contributed by atoms with Crippen LogP contribution in [0.2, 0.25) is 5.02 Å². The van der Waals surface area contributed by atoms with Crippen LogP contribution in [0.25, 0.3) is 11.1 Å². The van der Waals surface area contributed by atoms with E-state index in [1.165, 1.54) is 51.2 Å². The van der Waals surface area contributed by atoms with Crippen molar-refractivity contribution in [2.75, 3.05) is 25.5 Å². The number of nitrogens with one attached hydrogen (secondary N) is 9. The van der Waals surface area contributed by atoms with Crippen LogP contribution in [-0.4, -0.2) is 198 Å². The molecule has 7 heterocycles. The molecule has 0 aromatic heterocycles. The number of benzene rings is 6. The van der Waals surface area contributed by atoms with Gasteiger partial charge < -0.3 is 134 Å². The summed E-state index contributed by atoms with van der Waals surface area (Å²) in [5.41, 5.74) is 9.39. The number of carbonyl (C=O) groups is 9. The van der Waals surface area contributed by atoms with Gasteiger partial charge in [0.2, 0.25) is 65.2 Å². The van der Waals surface area contributed by atoms with Crippen LogP contribution in [0, 0.1) is 23.7 Å². The highest BCUT2D eigenvalue weighted by Crippen LogP contribution is 2.49. The fourth-order valence-electron chi connectivity index (χ4n) is 14.0. The maximum atomic E-state index is 16.2. The Labute approximate surface area is 662 Å². The molecular formula is C79H88ClN11O24. The molecule has 6 aromatic rings. The normalized spacial score (nSPS) is 27.7. The minimum absolute atomic E-state index is 0.0524. The lowest BCUT2D eigenvalue weighted by molar-refractivity contribution is -0.333. The second kappa shape index (κ2) is 34.8. The van der Waals surface area contributed by atoms with Crippen molar-refractivity contribution < 1.29 is 118 Å². The van der Waals surface area contributed by atoms with Gasteiger partial charge in [-0.1, -0.05) is 61.6 Å². The lowest BCUT2D eigenvalue weighted by Gasteiger charge is -2.47. The molecule has 1 saturated carbocycles. The van der Waals surface area contributed by atoms with E-state index in [1.54, 1.807) is 24.3 Å². The maximum absolute atomic E-state index is 16.2. The molecule has 115 heavy (non-hydrogen) atoms. The molecule has 18 atom stereocenters. The number of carbonyl (C=O) groups excluding carboxylic acids is 9. The summed E-state index contributed by atoms with van der Waals surface area (Å²) in [6.45, 7) is 4.93. The molecule has 3 fully saturated rings. The molecule has 610 valence electrons. The van der Waals surface area contributed by atoms with Gasteiger partial charge >= 0.3 is 0 Å². The number of halogens is 1. The Balaban J connectivity index is 1.03. The summed E-state index contributed by atoms with van der Waals surface area (Å²) in [6.07, 6.45) is -16.4. The molecular weight excluding hydrogens is 1520 g/mol. The minimum Gasteiger partial charge on any atom is -0.508 e. The maximum Gasteiger partial charge on any atom is 0.248 e. The average Bonchev–Trinajstić information content (AvgIpc) is 1.69. The highest BCUT2D eigenvalue weighted by atomic mass is 35.5. The molecule has 14 rings (SSSR count). The molecule has 36 heteroatoms. The van der Waals surface area contributed by atoms with Gasteiger partial charge in [-0.25, -0.2) is 0 Å². The Bertz CT molecular complexity index is 4810. The van der Waals surface area contributed by atoms with Gasteiger partial charge in [0.15, 0.2) is 23.9 Å². The largest absolute Gasteiger partial charge is 0.508 e. The number of rotatable bonds is 16. The number of fused-ring (bicyclic) bond motifs is 15. The van der Waals surface area contributed by atoms with Gasteiger partial charge in [0, 0.05) is 46.3 Å². The van der Waals surface area contributed by atoms with Crippen LogP contribution in [-0.2, 0) is 57.4 Å². The first-order valence-electron chi connectivity index (χ1n) is 36.9. The van der Waals surface area contributed by atoms with Gasteiger partial charge in [0.25, 0.3) is 0 Å². The van der Waals surface area contributed by atoms with E-state index in [9.17, 15) is 69.9 Å². The minimum atomic E-state index is -2.33. The number of nitrogens with two attached hydrogens (primary N) is 2. The third-order valence-electron chi connectivity index (χ3n) is 20.3. The number of hydrogen-bond donors (Lipinski definition) is 20. The molecule has 22 N–H and O–H groups in total. The van der Waals surface area contributed by atoms with Crippen LogP contribution < -0.4 is 73.5 Å². The molecule has 9 amide bonds. The van der Waals surface area contributed by atoms with Crippen LogP contribution in [0.4, 0.5) is 5.69 Å². The molecule has 11 bridgehead atoms. The van der Waals surface area contributed by atoms with E-state index in [2.05, 4.69) is 59.7 Å². The molecule has 0 radical (unpaired) electrons. The predicted octanol–water partition coefficient (Wildman–Crippen LogP) is 0.885. The zero-order chi connectivity index (χ0) is 82.8. The molecule has 8 aliphatic rings. The van der Waals surface area contributed by atoms with Crippen molar-refractivity contribution in [3.05, 3.63) is 148 Å². The number of likely N-dealkylation sites (N-methyl/N-ethyl adjacent to an activating group) is 1. The van der Waals surface area contributed by atoms with Gasteiger partial charge in [-0.05, 0) is 153 Å². The standard InChI is InChI=1S/C79H88ClN11O24/c1-33(2)22-47(83-5)71(103)90-62-64(98)37-12-18-43(19-13-37)111-52-25-40-26-53(68(52)115-78-69(67(101)66(100)54(32-92)113-78)114-57-30-79(4,82)70(102)34(3)110-57)112-51-21-15-39(24-46(51)80)65(99)63-77(109)89-61(73(105)84-31-56(97)85-41-16-10-36(11-17-41)9-8-35-6-7-35)45-27-42(93)28-50(95)58(45)44-23-38(14-20-49(44)94)59(74(106)91-63)88-75(107)60(40)87-72(104)48(29-55(81)96)86-76(62)108/h10-21,23-28,33-35,47-48,54,57,59-67,69-70,78,83,92-95,98-102H,6-7,22,29-32,82H2,1-5H3,(H2,81,96)(H,84,105)(H,85,97)(H,86,108)(H,87,104)(H,88,107)(H,89,109)(H,90,103)(H,91,106)/t34-,47+,48-,54+,57?,59+,60?,61?,62+,63-,64+,65+,66+,67-,69+,70+,78-,79-/m0/s1. The summed E-state index contributed by atoms with van der Waals surface area (Å²) >= 11 is 7.17. The first-order valence-corrected chi connectivity index (χ1v) is 37.3. The Morgan fingerprint density at radius 2 is 1.39 bits per heavy atom. The lowest BCUT2D eigenvalue weighted by Crippen LogP contribution is -2.64. The third kappa shape index (κ3) is 18.9. The molecule has 7 aliphatic heterocycles. The van der Waals surface area contributed by atoms with E-state index in [4.69, 9.17) is 51.5 Å². The van der Waals surface area contributed by atoms with Crippen molar-refractivity contribution in [2.24, 2.45) is 23.3 Å². The number of hydrogen-bond acceptors (Lipinski definition) is 26. The number of anilines is 1. The van der Waals surface area contributed by atoms with Crippen LogP contribution in [0.3, 0.4) is 0 Å². The quantitative estimate of drug-likeness (QED) is 0.0598. The number of phenols is 3. The SMILES string of the molecule is CN[C@H](CC(C)C)C(=O)N[C@H]1C(=O)N[C@@H](CC(N)=O)C(=O)NC2C(=O)N[C@H]3C(=O)N[C@H](C(=O)NC(C(=O)NCC(=O)Nc4ccc(C#CC5CC5)cc4)c4cc(O)cc(O)c4-c4cc3ccc4O)[C@H](O)c3ccc(c(Cl)c3)Oc3cc2cc(c3O[C@@H]2O[C@H](CO)[C@@H](O)[C@H](O)[C@H]2OC2C[C@](C)(N)[C@H](O)[C@H](C)O2)Oc2ccc(cc2)[C@H]1O. The topological polar surface area (TPSA) is 551 Å². The lowest BCUT2D eigenvalue weighted by atomic mass is 9.86. The summed E-state index contributed by atoms with van der Waals surface area (Å²) in [5.74, 6) is -9.08. The monoisotopic (exact) mass is 1610 g/mol. The number of ether oxygens (including phenoxy) is 6. The van der Waals surface area contributed by atoms with Crippen molar-refractivity contribution in [2.45, 2.75) is 169 Å². The van der Waals surface area contributed by atoms with E-state index >= 15 is 19.2 Å². The van der Waals surface area contributed by atoms with Crippen molar-refractivity contribution in [3.8, 4) is 69.0 Å². The van der Waals surface area contributed by atoms with Crippen molar-refractivity contribution in [3.63, 3.8) is 0 Å². The van der Waals surface area contributed by atoms with Gasteiger partial charge in [-0.2, -0.15) is 0 Å². The summed E-state index contributed by atoms with van der Waals surface area (Å²) in [5, 5.41) is 128. The molecule has 0 spiro atoms. The molecule has 3 unspecified atom stereocenters. The fraction of sp³-hybridized carbons (Fsp3) is 0.405. The number of aliphatic hydroxyl groups excluding tert-OH is 6.